The van der Waals surface area contributed by atoms with Crippen LogP contribution in [-0.2, 0) is 13.0 Å². The topological polar surface area (TPSA) is 32.3 Å². The maximum absolute atomic E-state index is 13.7. The highest BCUT2D eigenvalue weighted by Crippen LogP contribution is 2.26. The van der Waals surface area contributed by atoms with E-state index in [2.05, 4.69) is 5.32 Å². The smallest absolute Gasteiger partial charge is 0.322 e. The highest BCUT2D eigenvalue weighted by molar-refractivity contribution is 5.92. The van der Waals surface area contributed by atoms with E-state index in [0.29, 0.717) is 6.54 Å². The van der Waals surface area contributed by atoms with Crippen LogP contribution in [0, 0.1) is 11.6 Å². The number of hydrogen-bond acceptors (Lipinski definition) is 1. The predicted molar refractivity (Wildman–Crippen MR) is 85.3 cm³/mol. The quantitative estimate of drug-likeness (QED) is 0.892. The number of para-hydroxylation sites is 1. The number of urea groups is 1. The van der Waals surface area contributed by atoms with Crippen molar-refractivity contribution in [3.8, 4) is 0 Å². The Morgan fingerprint density at radius 1 is 1.09 bits per heavy atom. The van der Waals surface area contributed by atoms with E-state index in [1.165, 1.54) is 12.1 Å². The standard InChI is InChI=1S/C18H18F2N2O/c19-15-9-5-8-14(17(15)20)12-21-18(23)22-11-4-3-7-13-6-1-2-10-16(13)22/h1-2,5-6,8-10H,3-4,7,11-12H2,(H,21,23). The summed E-state index contributed by atoms with van der Waals surface area (Å²) in [4.78, 5) is 14.2. The van der Waals surface area contributed by atoms with Crippen molar-refractivity contribution >= 4 is 11.7 Å². The van der Waals surface area contributed by atoms with Crippen LogP contribution in [0.25, 0.3) is 0 Å². The third kappa shape index (κ3) is 3.33. The van der Waals surface area contributed by atoms with Gasteiger partial charge in [0.15, 0.2) is 11.6 Å². The Labute approximate surface area is 133 Å². The van der Waals surface area contributed by atoms with E-state index in [-0.39, 0.29) is 18.1 Å². The third-order valence-corrected chi connectivity index (χ3v) is 4.07. The van der Waals surface area contributed by atoms with E-state index in [4.69, 9.17) is 0 Å². The third-order valence-electron chi connectivity index (χ3n) is 4.07. The average molecular weight is 316 g/mol. The van der Waals surface area contributed by atoms with Gasteiger partial charge in [-0.15, -0.1) is 0 Å². The van der Waals surface area contributed by atoms with Crippen molar-refractivity contribution in [3.63, 3.8) is 0 Å². The second-order valence-electron chi connectivity index (χ2n) is 5.61. The Kier molecular flexibility index (Phi) is 4.55. The van der Waals surface area contributed by atoms with E-state index >= 15 is 0 Å². The molecule has 1 aliphatic rings. The monoisotopic (exact) mass is 316 g/mol. The van der Waals surface area contributed by atoms with E-state index in [1.807, 2.05) is 24.3 Å². The van der Waals surface area contributed by atoms with Crippen LogP contribution in [-0.4, -0.2) is 12.6 Å². The molecular weight excluding hydrogens is 298 g/mol. The maximum atomic E-state index is 13.7. The van der Waals surface area contributed by atoms with Crippen LogP contribution in [0.15, 0.2) is 42.5 Å². The largest absolute Gasteiger partial charge is 0.333 e. The SMILES string of the molecule is O=C(NCc1cccc(F)c1F)N1CCCCc2ccccc21. The average Bonchev–Trinajstić information content (AvgIpc) is 2.78. The van der Waals surface area contributed by atoms with Gasteiger partial charge in [0.05, 0.1) is 0 Å². The number of nitrogens with zero attached hydrogens (tertiary/aromatic N) is 1. The lowest BCUT2D eigenvalue weighted by Crippen LogP contribution is -2.40. The van der Waals surface area contributed by atoms with Crippen LogP contribution in [0.4, 0.5) is 19.3 Å². The van der Waals surface area contributed by atoms with Gasteiger partial charge in [0.1, 0.15) is 0 Å². The minimum atomic E-state index is -0.913. The number of aryl methyl sites for hydroxylation is 1. The number of fused-ring (bicyclic) bond motifs is 1. The zero-order valence-electron chi connectivity index (χ0n) is 12.7. The molecule has 1 N–H and O–H groups in total. The zero-order chi connectivity index (χ0) is 16.2. The molecule has 23 heavy (non-hydrogen) atoms. The Bertz CT molecular complexity index is 718. The molecule has 0 radical (unpaired) electrons. The van der Waals surface area contributed by atoms with E-state index < -0.39 is 11.6 Å². The van der Waals surface area contributed by atoms with Gasteiger partial charge in [0, 0.05) is 24.3 Å². The lowest BCUT2D eigenvalue weighted by atomic mass is 10.1. The molecule has 120 valence electrons. The van der Waals surface area contributed by atoms with Crippen molar-refractivity contribution in [1.82, 2.24) is 5.32 Å². The van der Waals surface area contributed by atoms with E-state index in [1.54, 1.807) is 4.90 Å². The fourth-order valence-corrected chi connectivity index (χ4v) is 2.85. The Balaban J connectivity index is 1.74. The Hall–Kier alpha value is -2.43. The number of halogens is 2. The van der Waals surface area contributed by atoms with Gasteiger partial charge in [-0.05, 0) is 37.0 Å². The maximum Gasteiger partial charge on any atom is 0.322 e. The number of anilines is 1. The molecule has 3 rings (SSSR count). The van der Waals surface area contributed by atoms with E-state index in [9.17, 15) is 13.6 Å². The second kappa shape index (κ2) is 6.77. The van der Waals surface area contributed by atoms with Crippen LogP contribution in [0.1, 0.15) is 24.0 Å². The molecule has 2 aromatic carbocycles. The number of hydrogen-bond donors (Lipinski definition) is 1. The summed E-state index contributed by atoms with van der Waals surface area (Å²) in [5.74, 6) is -1.82. The molecule has 0 saturated heterocycles. The molecule has 0 aliphatic carbocycles. The summed E-state index contributed by atoms with van der Waals surface area (Å²) >= 11 is 0. The number of amides is 2. The van der Waals surface area contributed by atoms with Gasteiger partial charge in [-0.2, -0.15) is 0 Å². The summed E-state index contributed by atoms with van der Waals surface area (Å²) in [6.07, 6.45) is 2.88. The Morgan fingerprint density at radius 2 is 1.91 bits per heavy atom. The van der Waals surface area contributed by atoms with Gasteiger partial charge in [-0.25, -0.2) is 13.6 Å². The molecule has 0 atom stereocenters. The van der Waals surface area contributed by atoms with Gasteiger partial charge in [0.25, 0.3) is 0 Å². The van der Waals surface area contributed by atoms with Crippen molar-refractivity contribution in [2.24, 2.45) is 0 Å². The van der Waals surface area contributed by atoms with Gasteiger partial charge < -0.3 is 5.32 Å². The molecule has 1 heterocycles. The van der Waals surface area contributed by atoms with Crippen LogP contribution >= 0.6 is 0 Å². The van der Waals surface area contributed by atoms with E-state index in [0.717, 1.165) is 36.6 Å². The summed E-state index contributed by atoms with van der Waals surface area (Å²) < 4.78 is 26.9. The van der Waals surface area contributed by atoms with Gasteiger partial charge in [-0.3, -0.25) is 4.90 Å². The molecular formula is C18H18F2N2O. The molecule has 0 unspecified atom stereocenters. The summed E-state index contributed by atoms with van der Waals surface area (Å²) in [5.41, 5.74) is 2.17. The second-order valence-corrected chi connectivity index (χ2v) is 5.61. The van der Waals surface area contributed by atoms with Crippen molar-refractivity contribution in [3.05, 3.63) is 65.2 Å². The van der Waals surface area contributed by atoms with Crippen molar-refractivity contribution in [1.29, 1.82) is 0 Å². The molecule has 0 aromatic heterocycles. The Morgan fingerprint density at radius 3 is 2.78 bits per heavy atom. The molecule has 5 heteroatoms. The molecule has 1 aliphatic heterocycles. The van der Waals surface area contributed by atoms with Gasteiger partial charge >= 0.3 is 6.03 Å². The fraction of sp³-hybridized carbons (Fsp3) is 0.278. The summed E-state index contributed by atoms with van der Waals surface area (Å²) in [6, 6.07) is 11.5. The van der Waals surface area contributed by atoms with Crippen molar-refractivity contribution in [2.75, 3.05) is 11.4 Å². The first-order chi connectivity index (χ1) is 11.2. The van der Waals surface area contributed by atoms with Gasteiger partial charge in [0.2, 0.25) is 0 Å². The molecule has 0 spiro atoms. The van der Waals surface area contributed by atoms with Gasteiger partial charge in [-0.1, -0.05) is 30.3 Å². The fourth-order valence-electron chi connectivity index (χ4n) is 2.85. The molecule has 0 fully saturated rings. The normalized spacial score (nSPS) is 14.1. The van der Waals surface area contributed by atoms with Crippen molar-refractivity contribution in [2.45, 2.75) is 25.8 Å². The predicted octanol–water partition coefficient (Wildman–Crippen LogP) is 4.02. The number of benzene rings is 2. The lowest BCUT2D eigenvalue weighted by molar-refractivity contribution is 0.245. The summed E-state index contributed by atoms with van der Waals surface area (Å²) in [6.45, 7) is 0.579. The highest BCUT2D eigenvalue weighted by Gasteiger charge is 2.21. The molecule has 3 nitrogen and oxygen atoms in total. The zero-order valence-corrected chi connectivity index (χ0v) is 12.7. The number of carbonyl (C=O) groups is 1. The van der Waals surface area contributed by atoms with Crippen LogP contribution in [0.3, 0.4) is 0 Å². The minimum Gasteiger partial charge on any atom is -0.333 e. The first-order valence-corrected chi connectivity index (χ1v) is 7.73. The first kappa shape index (κ1) is 15.5. The number of carbonyl (C=O) groups excluding carboxylic acids is 1. The summed E-state index contributed by atoms with van der Waals surface area (Å²) in [7, 11) is 0. The molecule has 0 saturated carbocycles. The highest BCUT2D eigenvalue weighted by atomic mass is 19.2. The molecule has 2 amide bonds. The molecule has 2 aromatic rings. The summed E-state index contributed by atoms with van der Waals surface area (Å²) in [5, 5.41) is 2.69. The molecule has 0 bridgehead atoms. The first-order valence-electron chi connectivity index (χ1n) is 7.73. The van der Waals surface area contributed by atoms with Crippen LogP contribution < -0.4 is 10.2 Å². The van der Waals surface area contributed by atoms with Crippen LogP contribution in [0.5, 0.6) is 0 Å². The van der Waals surface area contributed by atoms with Crippen LogP contribution in [0.2, 0.25) is 0 Å². The van der Waals surface area contributed by atoms with Crippen molar-refractivity contribution < 1.29 is 13.6 Å². The minimum absolute atomic E-state index is 0.0406. The number of nitrogens with one attached hydrogen (secondary N) is 1. The number of rotatable bonds is 2. The lowest BCUT2D eigenvalue weighted by Gasteiger charge is -2.23.